The minimum atomic E-state index is -0.330. The molecular formula is C12H13FN2. The third-order valence-electron chi connectivity index (χ3n) is 2.67. The van der Waals surface area contributed by atoms with Crippen LogP contribution in [0.1, 0.15) is 25.3 Å². The first-order valence-corrected chi connectivity index (χ1v) is 5.22. The van der Waals surface area contributed by atoms with Crippen LogP contribution in [0.3, 0.4) is 0 Å². The van der Waals surface area contributed by atoms with Crippen LogP contribution in [0, 0.1) is 17.1 Å². The monoisotopic (exact) mass is 204 g/mol. The number of rotatable bonds is 3. The molecule has 0 radical (unpaired) electrons. The molecule has 78 valence electrons. The lowest BCUT2D eigenvalue weighted by Gasteiger charge is -2.22. The van der Waals surface area contributed by atoms with E-state index in [1.165, 1.54) is 25.0 Å². The molecule has 1 saturated carbocycles. The Kier molecular flexibility index (Phi) is 2.59. The molecule has 0 saturated heterocycles. The smallest absolute Gasteiger partial charge is 0.126 e. The zero-order valence-corrected chi connectivity index (χ0v) is 8.70. The van der Waals surface area contributed by atoms with E-state index in [1.807, 2.05) is 6.07 Å². The van der Waals surface area contributed by atoms with Crippen LogP contribution in [0.4, 0.5) is 10.1 Å². The normalized spacial score (nSPS) is 14.7. The van der Waals surface area contributed by atoms with E-state index in [1.54, 1.807) is 6.07 Å². The third-order valence-corrected chi connectivity index (χ3v) is 2.67. The van der Waals surface area contributed by atoms with Crippen molar-refractivity contribution in [2.75, 3.05) is 11.4 Å². The standard InChI is InChI=1S/C12H13FN2/c1-2-15(11-3-4-11)12-6-9(8-14)5-10(13)7-12/h5-7,11H,2-4H2,1H3. The van der Waals surface area contributed by atoms with Crippen molar-refractivity contribution in [1.82, 2.24) is 0 Å². The van der Waals surface area contributed by atoms with Crippen LogP contribution in [-0.2, 0) is 0 Å². The van der Waals surface area contributed by atoms with E-state index in [-0.39, 0.29) is 5.82 Å². The molecule has 1 fully saturated rings. The van der Waals surface area contributed by atoms with Gasteiger partial charge in [0.1, 0.15) is 5.82 Å². The lowest BCUT2D eigenvalue weighted by molar-refractivity contribution is 0.626. The van der Waals surface area contributed by atoms with Crippen molar-refractivity contribution in [3.05, 3.63) is 29.6 Å². The Morgan fingerprint density at radius 3 is 2.73 bits per heavy atom. The number of anilines is 1. The molecule has 3 heteroatoms. The molecule has 0 aromatic heterocycles. The van der Waals surface area contributed by atoms with Crippen LogP contribution in [0.25, 0.3) is 0 Å². The predicted molar refractivity (Wildman–Crippen MR) is 57.2 cm³/mol. The second-order valence-corrected chi connectivity index (χ2v) is 3.83. The Hall–Kier alpha value is -1.56. The van der Waals surface area contributed by atoms with Gasteiger partial charge in [0.15, 0.2) is 0 Å². The zero-order valence-electron chi connectivity index (χ0n) is 8.70. The van der Waals surface area contributed by atoms with Crippen molar-refractivity contribution in [2.45, 2.75) is 25.8 Å². The number of nitrogens with zero attached hydrogens (tertiary/aromatic N) is 2. The van der Waals surface area contributed by atoms with E-state index < -0.39 is 0 Å². The first kappa shape index (κ1) is 9.97. The van der Waals surface area contributed by atoms with Crippen LogP contribution in [0.2, 0.25) is 0 Å². The minimum absolute atomic E-state index is 0.330. The summed E-state index contributed by atoms with van der Waals surface area (Å²) in [6.07, 6.45) is 2.35. The van der Waals surface area contributed by atoms with Gasteiger partial charge in [-0.25, -0.2) is 4.39 Å². The largest absolute Gasteiger partial charge is 0.369 e. The van der Waals surface area contributed by atoms with Gasteiger partial charge < -0.3 is 4.90 Å². The van der Waals surface area contributed by atoms with Crippen LogP contribution in [-0.4, -0.2) is 12.6 Å². The second kappa shape index (κ2) is 3.90. The van der Waals surface area contributed by atoms with Gasteiger partial charge in [-0.1, -0.05) is 0 Å². The Morgan fingerprint density at radius 1 is 1.47 bits per heavy atom. The van der Waals surface area contributed by atoms with Crippen LogP contribution >= 0.6 is 0 Å². The molecule has 15 heavy (non-hydrogen) atoms. The second-order valence-electron chi connectivity index (χ2n) is 3.83. The van der Waals surface area contributed by atoms with Gasteiger partial charge in [0.05, 0.1) is 11.6 Å². The number of hydrogen-bond acceptors (Lipinski definition) is 2. The SMILES string of the molecule is CCN(c1cc(F)cc(C#N)c1)C1CC1. The van der Waals surface area contributed by atoms with E-state index in [0.29, 0.717) is 11.6 Å². The highest BCUT2D eigenvalue weighted by Gasteiger charge is 2.28. The van der Waals surface area contributed by atoms with Crippen LogP contribution < -0.4 is 4.90 Å². The molecule has 0 atom stereocenters. The van der Waals surface area contributed by atoms with Gasteiger partial charge >= 0.3 is 0 Å². The van der Waals surface area contributed by atoms with E-state index in [9.17, 15) is 4.39 Å². The molecule has 0 spiro atoms. The molecular weight excluding hydrogens is 191 g/mol. The molecule has 1 aliphatic rings. The first-order chi connectivity index (χ1) is 7.24. The topological polar surface area (TPSA) is 27.0 Å². The fourth-order valence-corrected chi connectivity index (χ4v) is 1.84. The van der Waals surface area contributed by atoms with Gasteiger partial charge in [-0.2, -0.15) is 5.26 Å². The predicted octanol–water partition coefficient (Wildman–Crippen LogP) is 2.69. The Bertz CT molecular complexity index is 405. The molecule has 0 bridgehead atoms. The molecule has 2 rings (SSSR count). The molecule has 0 N–H and O–H groups in total. The zero-order chi connectivity index (χ0) is 10.8. The lowest BCUT2D eigenvalue weighted by Crippen LogP contribution is -2.25. The number of halogens is 1. The van der Waals surface area contributed by atoms with Crippen LogP contribution in [0.15, 0.2) is 18.2 Å². The number of benzene rings is 1. The maximum absolute atomic E-state index is 13.2. The molecule has 0 aliphatic heterocycles. The van der Waals surface area contributed by atoms with Gasteiger partial charge in [-0.15, -0.1) is 0 Å². The lowest BCUT2D eigenvalue weighted by atomic mass is 10.2. The summed E-state index contributed by atoms with van der Waals surface area (Å²) in [5.41, 5.74) is 1.22. The average molecular weight is 204 g/mol. The maximum Gasteiger partial charge on any atom is 0.126 e. The summed E-state index contributed by atoms with van der Waals surface area (Å²) in [5.74, 6) is -0.330. The van der Waals surface area contributed by atoms with E-state index in [4.69, 9.17) is 5.26 Å². The van der Waals surface area contributed by atoms with Crippen LogP contribution in [0.5, 0.6) is 0 Å². The third kappa shape index (κ3) is 2.10. The summed E-state index contributed by atoms with van der Waals surface area (Å²) in [5, 5.41) is 8.76. The van der Waals surface area contributed by atoms with Crippen molar-refractivity contribution in [1.29, 1.82) is 5.26 Å². The Morgan fingerprint density at radius 2 is 2.20 bits per heavy atom. The molecule has 0 heterocycles. The summed E-state index contributed by atoms with van der Waals surface area (Å²) in [4.78, 5) is 2.16. The van der Waals surface area contributed by atoms with Crippen molar-refractivity contribution >= 4 is 5.69 Å². The fraction of sp³-hybridized carbons (Fsp3) is 0.417. The van der Waals surface area contributed by atoms with E-state index in [0.717, 1.165) is 12.2 Å². The fourth-order valence-electron chi connectivity index (χ4n) is 1.84. The van der Waals surface area contributed by atoms with Crippen molar-refractivity contribution < 1.29 is 4.39 Å². The highest BCUT2D eigenvalue weighted by Crippen LogP contribution is 2.32. The molecule has 0 amide bonds. The van der Waals surface area contributed by atoms with E-state index >= 15 is 0 Å². The Balaban J connectivity index is 2.33. The summed E-state index contributed by atoms with van der Waals surface area (Å²) < 4.78 is 13.2. The van der Waals surface area contributed by atoms with E-state index in [2.05, 4.69) is 11.8 Å². The molecule has 0 unspecified atom stereocenters. The van der Waals surface area contributed by atoms with Crippen molar-refractivity contribution in [3.63, 3.8) is 0 Å². The quantitative estimate of drug-likeness (QED) is 0.756. The summed E-state index contributed by atoms with van der Waals surface area (Å²) in [6, 6.07) is 7.05. The summed E-state index contributed by atoms with van der Waals surface area (Å²) in [7, 11) is 0. The first-order valence-electron chi connectivity index (χ1n) is 5.22. The molecule has 1 aliphatic carbocycles. The van der Waals surface area contributed by atoms with Gasteiger partial charge in [0, 0.05) is 18.3 Å². The number of nitriles is 1. The Labute approximate surface area is 88.9 Å². The summed E-state index contributed by atoms with van der Waals surface area (Å²) in [6.45, 7) is 2.91. The van der Waals surface area contributed by atoms with Gasteiger partial charge in [0.25, 0.3) is 0 Å². The van der Waals surface area contributed by atoms with Gasteiger partial charge in [-0.3, -0.25) is 0 Å². The molecule has 1 aromatic rings. The maximum atomic E-state index is 13.2. The van der Waals surface area contributed by atoms with Gasteiger partial charge in [0.2, 0.25) is 0 Å². The van der Waals surface area contributed by atoms with Gasteiger partial charge in [-0.05, 0) is 38.0 Å². The average Bonchev–Trinajstić information content (AvgIpc) is 3.02. The minimum Gasteiger partial charge on any atom is -0.369 e. The molecule has 1 aromatic carbocycles. The highest BCUT2D eigenvalue weighted by atomic mass is 19.1. The molecule has 2 nitrogen and oxygen atoms in total. The van der Waals surface area contributed by atoms with Crippen molar-refractivity contribution in [3.8, 4) is 6.07 Å². The highest BCUT2D eigenvalue weighted by molar-refractivity contribution is 5.53. The summed E-state index contributed by atoms with van der Waals surface area (Å²) >= 11 is 0. The van der Waals surface area contributed by atoms with Crippen molar-refractivity contribution in [2.24, 2.45) is 0 Å². The number of hydrogen-bond donors (Lipinski definition) is 0.